The Kier molecular flexibility index (Phi) is 4.34. The summed E-state index contributed by atoms with van der Waals surface area (Å²) in [7, 11) is 5.59. The van der Waals surface area contributed by atoms with Gasteiger partial charge in [0.2, 0.25) is 17.8 Å². The zero-order chi connectivity index (χ0) is 14.5. The van der Waals surface area contributed by atoms with Crippen LogP contribution in [0.15, 0.2) is 24.3 Å². The second kappa shape index (κ2) is 6.18. The van der Waals surface area contributed by atoms with Crippen LogP contribution in [0, 0.1) is 0 Å². The number of anilines is 4. The van der Waals surface area contributed by atoms with E-state index in [9.17, 15) is 0 Å². The molecule has 0 unspecified atom stereocenters. The molecule has 1 aromatic heterocycles. The molecule has 1 aromatic carbocycles. The van der Waals surface area contributed by atoms with Crippen molar-refractivity contribution in [3.63, 3.8) is 0 Å². The van der Waals surface area contributed by atoms with Gasteiger partial charge in [-0.1, -0.05) is 19.1 Å². The molecule has 0 bridgehead atoms. The summed E-state index contributed by atoms with van der Waals surface area (Å²) in [6, 6.07) is 8.21. The van der Waals surface area contributed by atoms with Crippen LogP contribution in [-0.4, -0.2) is 36.1 Å². The van der Waals surface area contributed by atoms with Crippen LogP contribution < -0.4 is 15.5 Å². The molecule has 20 heavy (non-hydrogen) atoms. The average Bonchev–Trinajstić information content (AvgIpc) is 2.47. The third-order valence-corrected chi connectivity index (χ3v) is 2.84. The molecule has 0 radical (unpaired) electrons. The number of nitrogens with zero attached hydrogens (tertiary/aromatic N) is 4. The zero-order valence-corrected chi connectivity index (χ0v) is 12.3. The summed E-state index contributed by atoms with van der Waals surface area (Å²) in [6.45, 7) is 2.13. The Balaban J connectivity index is 2.29. The van der Waals surface area contributed by atoms with Crippen molar-refractivity contribution in [1.29, 1.82) is 0 Å². The first-order chi connectivity index (χ1) is 9.62. The first kappa shape index (κ1) is 14.0. The van der Waals surface area contributed by atoms with Crippen LogP contribution in [0.3, 0.4) is 0 Å². The third-order valence-electron chi connectivity index (χ3n) is 2.84. The molecule has 0 aliphatic carbocycles. The van der Waals surface area contributed by atoms with Gasteiger partial charge in [0.25, 0.3) is 0 Å². The lowest BCUT2D eigenvalue weighted by molar-refractivity contribution is 0.963. The molecule has 0 saturated carbocycles. The fraction of sp³-hybridized carbons (Fsp3) is 0.357. The number of rotatable bonds is 5. The quantitative estimate of drug-likeness (QED) is 0.870. The van der Waals surface area contributed by atoms with E-state index in [0.29, 0.717) is 17.8 Å². The molecule has 6 heteroatoms. The van der Waals surface area contributed by atoms with Crippen molar-refractivity contribution < 1.29 is 0 Å². The fourth-order valence-electron chi connectivity index (χ4n) is 1.73. The first-order valence-electron chi connectivity index (χ1n) is 6.59. The van der Waals surface area contributed by atoms with E-state index in [1.54, 1.807) is 7.05 Å². The summed E-state index contributed by atoms with van der Waals surface area (Å²) in [5, 5.41) is 6.16. The van der Waals surface area contributed by atoms with Gasteiger partial charge in [-0.2, -0.15) is 15.0 Å². The molecule has 0 fully saturated rings. The van der Waals surface area contributed by atoms with Crippen LogP contribution in [-0.2, 0) is 6.42 Å². The summed E-state index contributed by atoms with van der Waals surface area (Å²) in [4.78, 5) is 14.8. The monoisotopic (exact) mass is 272 g/mol. The van der Waals surface area contributed by atoms with Gasteiger partial charge in [0, 0.05) is 26.8 Å². The number of aromatic nitrogens is 3. The lowest BCUT2D eigenvalue weighted by Gasteiger charge is -2.13. The largest absolute Gasteiger partial charge is 0.357 e. The molecule has 0 spiro atoms. The highest BCUT2D eigenvalue weighted by atomic mass is 15.3. The van der Waals surface area contributed by atoms with Crippen LogP contribution in [0.1, 0.15) is 12.5 Å². The number of nitrogens with one attached hydrogen (secondary N) is 2. The first-order valence-corrected chi connectivity index (χ1v) is 6.59. The van der Waals surface area contributed by atoms with Gasteiger partial charge in [-0.15, -0.1) is 0 Å². The standard InChI is InChI=1S/C14H20N6/c1-5-10-7-6-8-11(9-10)16-13-17-12(15-2)18-14(19-13)20(3)4/h6-9H,5H2,1-4H3,(H2,15,16,17,18,19). The van der Waals surface area contributed by atoms with E-state index >= 15 is 0 Å². The highest BCUT2D eigenvalue weighted by Gasteiger charge is 2.07. The maximum absolute atomic E-state index is 4.38. The second-order valence-corrected chi connectivity index (χ2v) is 4.61. The van der Waals surface area contributed by atoms with Crippen LogP contribution in [0.5, 0.6) is 0 Å². The molecule has 0 atom stereocenters. The fourth-order valence-corrected chi connectivity index (χ4v) is 1.73. The molecule has 1 heterocycles. The second-order valence-electron chi connectivity index (χ2n) is 4.61. The molecule has 2 N–H and O–H groups in total. The Hall–Kier alpha value is -2.37. The van der Waals surface area contributed by atoms with Gasteiger partial charge >= 0.3 is 0 Å². The molecule has 106 valence electrons. The minimum absolute atomic E-state index is 0.529. The number of aryl methyl sites for hydroxylation is 1. The maximum atomic E-state index is 4.38. The molecule has 0 saturated heterocycles. The minimum atomic E-state index is 0.529. The molecular weight excluding hydrogens is 252 g/mol. The molecular formula is C14H20N6. The van der Waals surface area contributed by atoms with Gasteiger partial charge in [0.05, 0.1) is 0 Å². The van der Waals surface area contributed by atoms with Crippen molar-refractivity contribution >= 4 is 23.5 Å². The predicted octanol–water partition coefficient (Wildman–Crippen LogP) is 2.29. The van der Waals surface area contributed by atoms with Crippen LogP contribution in [0.4, 0.5) is 23.5 Å². The van der Waals surface area contributed by atoms with E-state index in [1.807, 2.05) is 31.1 Å². The van der Waals surface area contributed by atoms with Crippen LogP contribution >= 0.6 is 0 Å². The molecule has 6 nitrogen and oxygen atoms in total. The van der Waals surface area contributed by atoms with Crippen LogP contribution in [0.2, 0.25) is 0 Å². The Labute approximate surface area is 119 Å². The van der Waals surface area contributed by atoms with Crippen LogP contribution in [0.25, 0.3) is 0 Å². The summed E-state index contributed by atoms with van der Waals surface area (Å²) in [6.07, 6.45) is 0.997. The van der Waals surface area contributed by atoms with E-state index in [-0.39, 0.29) is 0 Å². The summed E-state index contributed by atoms with van der Waals surface area (Å²) >= 11 is 0. The Bertz CT molecular complexity index is 582. The Morgan fingerprint density at radius 2 is 1.85 bits per heavy atom. The van der Waals surface area contributed by atoms with E-state index in [2.05, 4.69) is 44.6 Å². The van der Waals surface area contributed by atoms with Crippen molar-refractivity contribution in [2.75, 3.05) is 36.7 Å². The molecule has 2 rings (SSSR count). The van der Waals surface area contributed by atoms with Gasteiger partial charge in [-0.3, -0.25) is 0 Å². The molecule has 2 aromatic rings. The van der Waals surface area contributed by atoms with E-state index in [4.69, 9.17) is 0 Å². The SMILES string of the molecule is CCc1cccc(Nc2nc(NC)nc(N(C)C)n2)c1. The lowest BCUT2D eigenvalue weighted by atomic mass is 10.1. The van der Waals surface area contributed by atoms with Crippen molar-refractivity contribution in [2.24, 2.45) is 0 Å². The smallest absolute Gasteiger partial charge is 0.233 e. The van der Waals surface area contributed by atoms with Crippen molar-refractivity contribution in [3.05, 3.63) is 29.8 Å². The van der Waals surface area contributed by atoms with Gasteiger partial charge < -0.3 is 15.5 Å². The highest BCUT2D eigenvalue weighted by molar-refractivity contribution is 5.56. The lowest BCUT2D eigenvalue weighted by Crippen LogP contribution is -2.15. The number of hydrogen-bond acceptors (Lipinski definition) is 6. The van der Waals surface area contributed by atoms with Crippen molar-refractivity contribution in [2.45, 2.75) is 13.3 Å². The number of benzene rings is 1. The Morgan fingerprint density at radius 1 is 1.10 bits per heavy atom. The van der Waals surface area contributed by atoms with Crippen molar-refractivity contribution in [1.82, 2.24) is 15.0 Å². The minimum Gasteiger partial charge on any atom is -0.357 e. The summed E-state index contributed by atoms with van der Waals surface area (Å²) in [5.74, 6) is 1.68. The topological polar surface area (TPSA) is 66.0 Å². The van der Waals surface area contributed by atoms with E-state index < -0.39 is 0 Å². The molecule has 0 aliphatic heterocycles. The van der Waals surface area contributed by atoms with E-state index in [0.717, 1.165) is 12.1 Å². The molecule has 0 amide bonds. The summed E-state index contributed by atoms with van der Waals surface area (Å²) in [5.41, 5.74) is 2.24. The molecule has 0 aliphatic rings. The maximum Gasteiger partial charge on any atom is 0.233 e. The third kappa shape index (κ3) is 3.34. The number of hydrogen-bond donors (Lipinski definition) is 2. The van der Waals surface area contributed by atoms with Gasteiger partial charge in [0.15, 0.2) is 0 Å². The van der Waals surface area contributed by atoms with Crippen molar-refractivity contribution in [3.8, 4) is 0 Å². The van der Waals surface area contributed by atoms with Gasteiger partial charge in [0.1, 0.15) is 0 Å². The van der Waals surface area contributed by atoms with Gasteiger partial charge in [-0.25, -0.2) is 0 Å². The predicted molar refractivity (Wildman–Crippen MR) is 82.8 cm³/mol. The average molecular weight is 272 g/mol. The van der Waals surface area contributed by atoms with E-state index in [1.165, 1.54) is 5.56 Å². The van der Waals surface area contributed by atoms with Gasteiger partial charge in [-0.05, 0) is 24.1 Å². The normalized spacial score (nSPS) is 10.2. The summed E-state index contributed by atoms with van der Waals surface area (Å²) < 4.78 is 0. The Morgan fingerprint density at radius 3 is 2.50 bits per heavy atom. The highest BCUT2D eigenvalue weighted by Crippen LogP contribution is 2.18. The zero-order valence-electron chi connectivity index (χ0n) is 12.3.